The van der Waals surface area contributed by atoms with Gasteiger partial charge in [-0.05, 0) is 30.0 Å². The summed E-state index contributed by atoms with van der Waals surface area (Å²) in [7, 11) is 0. The summed E-state index contributed by atoms with van der Waals surface area (Å²) in [6.07, 6.45) is 0.497. The van der Waals surface area contributed by atoms with Gasteiger partial charge in [0.2, 0.25) is 5.91 Å². The summed E-state index contributed by atoms with van der Waals surface area (Å²) in [6, 6.07) is 5.87. The lowest BCUT2D eigenvalue weighted by molar-refractivity contribution is -0.121. The third-order valence-electron chi connectivity index (χ3n) is 5.14. The molecule has 2 amide bonds. The van der Waals surface area contributed by atoms with Gasteiger partial charge in [0.15, 0.2) is 0 Å². The molecule has 0 unspecified atom stereocenters. The molecule has 1 saturated heterocycles. The van der Waals surface area contributed by atoms with Crippen LogP contribution in [0.25, 0.3) is 0 Å². The molecule has 0 spiro atoms. The Balaban J connectivity index is 2.28. The lowest BCUT2D eigenvalue weighted by Gasteiger charge is -2.46. The fourth-order valence-electron chi connectivity index (χ4n) is 3.09. The second-order valence-corrected chi connectivity index (χ2v) is 7.82. The minimum absolute atomic E-state index is 0.00218. The molecule has 2 atom stereocenters. The average molecular weight is 350 g/mol. The van der Waals surface area contributed by atoms with Crippen LogP contribution in [0, 0.1) is 11.2 Å². The minimum Gasteiger partial charge on any atom is -0.438 e. The smallest absolute Gasteiger partial charge is 0.410 e. The molecule has 2 N–H and O–H groups in total. The van der Waals surface area contributed by atoms with E-state index in [1.807, 2.05) is 6.92 Å². The lowest BCUT2D eigenvalue weighted by Crippen LogP contribution is -2.54. The molecule has 138 valence electrons. The van der Waals surface area contributed by atoms with E-state index in [1.165, 1.54) is 12.1 Å². The van der Waals surface area contributed by atoms with Crippen molar-refractivity contribution in [1.82, 2.24) is 4.90 Å². The molecule has 1 aromatic carbocycles. The Hall–Kier alpha value is -2.11. The van der Waals surface area contributed by atoms with Crippen LogP contribution in [0.15, 0.2) is 24.3 Å². The summed E-state index contributed by atoms with van der Waals surface area (Å²) in [5.41, 5.74) is 4.94. The van der Waals surface area contributed by atoms with Crippen LogP contribution < -0.4 is 5.73 Å². The maximum Gasteiger partial charge on any atom is 0.410 e. The highest BCUT2D eigenvalue weighted by Gasteiger charge is 2.44. The maximum absolute atomic E-state index is 13.3. The first kappa shape index (κ1) is 19.2. The average Bonchev–Trinajstić information content (AvgIpc) is 2.52. The molecule has 0 bridgehead atoms. The Bertz CT molecular complexity index is 639. The molecule has 1 aromatic rings. The van der Waals surface area contributed by atoms with Crippen LogP contribution in [-0.4, -0.2) is 29.5 Å². The molecule has 5 nitrogen and oxygen atoms in total. The number of rotatable bonds is 5. The third-order valence-corrected chi connectivity index (χ3v) is 5.14. The zero-order chi connectivity index (χ0) is 18.8. The molecule has 0 radical (unpaired) electrons. The summed E-state index contributed by atoms with van der Waals surface area (Å²) in [6.45, 7) is 8.71. The van der Waals surface area contributed by atoms with E-state index in [0.717, 1.165) is 0 Å². The highest BCUT2D eigenvalue weighted by Crippen LogP contribution is 2.40. The minimum atomic E-state index is -0.950. The number of cyclic esters (lactones) is 1. The van der Waals surface area contributed by atoms with Crippen molar-refractivity contribution in [3.8, 4) is 0 Å². The Morgan fingerprint density at radius 1 is 1.36 bits per heavy atom. The van der Waals surface area contributed by atoms with E-state index in [9.17, 15) is 14.0 Å². The van der Waals surface area contributed by atoms with E-state index in [1.54, 1.807) is 17.0 Å². The van der Waals surface area contributed by atoms with Gasteiger partial charge < -0.3 is 15.4 Å². The second-order valence-electron chi connectivity index (χ2n) is 7.82. The van der Waals surface area contributed by atoms with Crippen LogP contribution in [0.1, 0.15) is 52.5 Å². The number of ether oxygens (including phenoxy) is 1. The van der Waals surface area contributed by atoms with E-state index >= 15 is 0 Å². The van der Waals surface area contributed by atoms with Gasteiger partial charge in [-0.2, -0.15) is 0 Å². The fourth-order valence-corrected chi connectivity index (χ4v) is 3.09. The fraction of sp³-hybridized carbons (Fsp3) is 0.579. The first-order valence-electron chi connectivity index (χ1n) is 8.59. The number of hydrogen-bond donors (Lipinski definition) is 1. The molecule has 2 rings (SSSR count). The SMILES string of the molecule is C[C@H](N1CC[C@](CCC(N)=O)(c2ccc(F)cc2)OC1=O)C(C)(C)C. The van der Waals surface area contributed by atoms with Crippen molar-refractivity contribution in [1.29, 1.82) is 0 Å². The topological polar surface area (TPSA) is 72.6 Å². The number of halogens is 1. The quantitative estimate of drug-likeness (QED) is 0.882. The van der Waals surface area contributed by atoms with Crippen LogP contribution in [-0.2, 0) is 15.1 Å². The maximum atomic E-state index is 13.3. The van der Waals surface area contributed by atoms with Crippen molar-refractivity contribution in [2.75, 3.05) is 6.54 Å². The van der Waals surface area contributed by atoms with Gasteiger partial charge in [0.05, 0.1) is 0 Å². The number of nitrogens with two attached hydrogens (primary N) is 1. The molecule has 0 aliphatic carbocycles. The number of carbonyl (C=O) groups is 2. The Morgan fingerprint density at radius 2 is 1.96 bits per heavy atom. The zero-order valence-electron chi connectivity index (χ0n) is 15.3. The number of primary amides is 1. The number of benzene rings is 1. The molecule has 0 saturated carbocycles. The third kappa shape index (κ3) is 4.30. The number of carbonyl (C=O) groups excluding carboxylic acids is 2. The monoisotopic (exact) mass is 350 g/mol. The van der Waals surface area contributed by atoms with E-state index in [2.05, 4.69) is 20.8 Å². The van der Waals surface area contributed by atoms with E-state index in [4.69, 9.17) is 10.5 Å². The second kappa shape index (κ2) is 7.02. The van der Waals surface area contributed by atoms with Gasteiger partial charge in [0, 0.05) is 31.8 Å². The van der Waals surface area contributed by atoms with Crippen molar-refractivity contribution >= 4 is 12.0 Å². The van der Waals surface area contributed by atoms with E-state index < -0.39 is 17.6 Å². The van der Waals surface area contributed by atoms with Gasteiger partial charge in [0.1, 0.15) is 11.4 Å². The summed E-state index contributed by atoms with van der Waals surface area (Å²) in [5, 5.41) is 0. The van der Waals surface area contributed by atoms with E-state index in [-0.39, 0.29) is 30.1 Å². The van der Waals surface area contributed by atoms with Gasteiger partial charge in [-0.3, -0.25) is 4.79 Å². The lowest BCUT2D eigenvalue weighted by atomic mass is 9.82. The van der Waals surface area contributed by atoms with Crippen molar-refractivity contribution in [3.05, 3.63) is 35.6 Å². The largest absolute Gasteiger partial charge is 0.438 e. The molecule has 1 fully saturated rings. The molecule has 1 aliphatic heterocycles. The summed E-state index contributed by atoms with van der Waals surface area (Å²) < 4.78 is 19.1. The van der Waals surface area contributed by atoms with Gasteiger partial charge in [-0.25, -0.2) is 9.18 Å². The predicted molar refractivity (Wildman–Crippen MR) is 93.2 cm³/mol. The van der Waals surface area contributed by atoms with Gasteiger partial charge in [0.25, 0.3) is 0 Å². The van der Waals surface area contributed by atoms with Gasteiger partial charge >= 0.3 is 6.09 Å². The Labute approximate surface area is 148 Å². The molecule has 6 heteroatoms. The van der Waals surface area contributed by atoms with Crippen molar-refractivity contribution in [3.63, 3.8) is 0 Å². The molecule has 0 aromatic heterocycles. The summed E-state index contributed by atoms with van der Waals surface area (Å²) >= 11 is 0. The van der Waals surface area contributed by atoms with Crippen molar-refractivity contribution < 1.29 is 18.7 Å². The molecule has 1 aliphatic rings. The summed E-state index contributed by atoms with van der Waals surface area (Å²) in [5.74, 6) is -0.818. The predicted octanol–water partition coefficient (Wildman–Crippen LogP) is 3.56. The van der Waals surface area contributed by atoms with Crippen LogP contribution in [0.3, 0.4) is 0 Å². The van der Waals surface area contributed by atoms with Gasteiger partial charge in [-0.1, -0.05) is 32.9 Å². The molecular weight excluding hydrogens is 323 g/mol. The van der Waals surface area contributed by atoms with Crippen molar-refractivity contribution in [2.45, 2.75) is 58.6 Å². The highest BCUT2D eigenvalue weighted by molar-refractivity contribution is 5.74. The number of amides is 2. The van der Waals surface area contributed by atoms with Crippen molar-refractivity contribution in [2.24, 2.45) is 11.1 Å². The first-order chi connectivity index (χ1) is 11.5. The molecule has 1 heterocycles. The van der Waals surface area contributed by atoms with Gasteiger partial charge in [-0.15, -0.1) is 0 Å². The normalized spacial score (nSPS) is 22.4. The molecule has 25 heavy (non-hydrogen) atoms. The zero-order valence-corrected chi connectivity index (χ0v) is 15.3. The number of hydrogen-bond acceptors (Lipinski definition) is 3. The van der Waals surface area contributed by atoms with Crippen LogP contribution in [0.5, 0.6) is 0 Å². The van der Waals surface area contributed by atoms with Crippen LogP contribution in [0.2, 0.25) is 0 Å². The number of nitrogens with zero attached hydrogens (tertiary/aromatic N) is 1. The summed E-state index contributed by atoms with van der Waals surface area (Å²) in [4.78, 5) is 25.7. The van der Waals surface area contributed by atoms with E-state index in [0.29, 0.717) is 18.5 Å². The Morgan fingerprint density at radius 3 is 2.44 bits per heavy atom. The Kier molecular flexibility index (Phi) is 5.40. The molecular formula is C19H27FN2O3. The first-order valence-corrected chi connectivity index (χ1v) is 8.59. The van der Waals surface area contributed by atoms with Crippen LogP contribution >= 0.6 is 0 Å². The highest BCUT2D eigenvalue weighted by atomic mass is 19.1. The van der Waals surface area contributed by atoms with Crippen LogP contribution in [0.4, 0.5) is 9.18 Å². The standard InChI is InChI=1S/C19H27FN2O3/c1-13(18(2,3)4)22-12-11-19(25-17(22)24,10-9-16(21)23)14-5-7-15(20)8-6-14/h5-8,13H,9-12H2,1-4H3,(H2,21,23)/t13-,19+/m0/s1.